The molecular formula is C26H37NO6. The Morgan fingerprint density at radius 3 is 2.58 bits per heavy atom. The number of hydrogen-bond donors (Lipinski definition) is 5. The van der Waals surface area contributed by atoms with Crippen molar-refractivity contribution in [2.24, 2.45) is 11.8 Å². The van der Waals surface area contributed by atoms with Crippen LogP contribution in [0.15, 0.2) is 54.6 Å². The lowest BCUT2D eigenvalue weighted by Crippen LogP contribution is -2.39. The van der Waals surface area contributed by atoms with Crippen LogP contribution in [-0.2, 0) is 16.0 Å². The van der Waals surface area contributed by atoms with Crippen LogP contribution in [0.25, 0.3) is 0 Å². The molecule has 7 nitrogen and oxygen atoms in total. The van der Waals surface area contributed by atoms with Gasteiger partial charge in [0.1, 0.15) is 5.78 Å². The first kappa shape index (κ1) is 26.9. The molecule has 1 amide bonds. The van der Waals surface area contributed by atoms with Crippen molar-refractivity contribution in [1.82, 2.24) is 5.32 Å². The summed E-state index contributed by atoms with van der Waals surface area (Å²) >= 11 is 0. The van der Waals surface area contributed by atoms with Crippen LogP contribution in [0.5, 0.6) is 0 Å². The number of ketones is 1. The molecule has 1 aliphatic rings. The van der Waals surface area contributed by atoms with Gasteiger partial charge in [-0.25, -0.2) is 0 Å². The fourth-order valence-electron chi connectivity index (χ4n) is 4.03. The van der Waals surface area contributed by atoms with E-state index in [0.717, 1.165) is 12.0 Å². The van der Waals surface area contributed by atoms with E-state index in [9.17, 15) is 19.8 Å². The van der Waals surface area contributed by atoms with Gasteiger partial charge in [0.05, 0.1) is 31.5 Å². The van der Waals surface area contributed by atoms with Crippen molar-refractivity contribution in [3.63, 3.8) is 0 Å². The zero-order valence-electron chi connectivity index (χ0n) is 19.1. The maximum Gasteiger partial charge on any atom is 0.220 e. The van der Waals surface area contributed by atoms with E-state index in [1.807, 2.05) is 42.5 Å². The number of rotatable bonds is 14. The fourth-order valence-corrected chi connectivity index (χ4v) is 4.03. The molecule has 5 N–H and O–H groups in total. The lowest BCUT2D eigenvalue weighted by atomic mass is 9.90. The van der Waals surface area contributed by atoms with Crippen molar-refractivity contribution < 1.29 is 30.0 Å². The molecule has 1 fully saturated rings. The highest BCUT2D eigenvalue weighted by Crippen LogP contribution is 2.33. The Kier molecular flexibility index (Phi) is 12.0. The molecule has 2 rings (SSSR count). The first-order valence-corrected chi connectivity index (χ1v) is 11.7. The standard InChI is InChI=1S/C26H37NO6/c28-17-20(18-29)27-26(33)11-7-2-1-6-10-22-23(25(32)16-24(22)31)15-14-21(30)13-12-19-8-4-3-5-9-19/h1,3-6,8-9,14-15,20-24,28-31H,2,7,10-13,16-18H2,(H,27,33)/b6-1-,15-14+/t21-,22+,23+,24-/m0/s1. The molecule has 1 aromatic rings. The average Bonchev–Trinajstić information content (AvgIpc) is 3.09. The van der Waals surface area contributed by atoms with E-state index in [2.05, 4.69) is 5.32 Å². The van der Waals surface area contributed by atoms with Crippen LogP contribution in [0.3, 0.4) is 0 Å². The van der Waals surface area contributed by atoms with Gasteiger partial charge in [-0.3, -0.25) is 9.59 Å². The third-order valence-corrected chi connectivity index (χ3v) is 6.01. The van der Waals surface area contributed by atoms with E-state index in [1.54, 1.807) is 12.2 Å². The van der Waals surface area contributed by atoms with E-state index in [1.165, 1.54) is 0 Å². The molecule has 7 heteroatoms. The summed E-state index contributed by atoms with van der Waals surface area (Å²) in [5.74, 6) is -0.851. The highest BCUT2D eigenvalue weighted by molar-refractivity contribution is 5.86. The summed E-state index contributed by atoms with van der Waals surface area (Å²) < 4.78 is 0. The fraction of sp³-hybridized carbons (Fsp3) is 0.538. The van der Waals surface area contributed by atoms with Crippen LogP contribution in [0.1, 0.15) is 44.1 Å². The van der Waals surface area contributed by atoms with Crippen LogP contribution in [-0.4, -0.2) is 63.6 Å². The van der Waals surface area contributed by atoms with Gasteiger partial charge in [0.15, 0.2) is 0 Å². The molecule has 1 saturated carbocycles. The van der Waals surface area contributed by atoms with Gasteiger partial charge in [-0.1, -0.05) is 54.6 Å². The van der Waals surface area contributed by atoms with Crippen molar-refractivity contribution in [2.75, 3.05) is 13.2 Å². The van der Waals surface area contributed by atoms with Gasteiger partial charge in [-0.05, 0) is 37.7 Å². The molecule has 0 heterocycles. The van der Waals surface area contributed by atoms with Crippen LogP contribution < -0.4 is 5.32 Å². The minimum Gasteiger partial charge on any atom is -0.394 e. The number of carbonyl (C=O) groups is 2. The van der Waals surface area contributed by atoms with Gasteiger partial charge < -0.3 is 25.7 Å². The van der Waals surface area contributed by atoms with Gasteiger partial charge in [-0.15, -0.1) is 0 Å². The smallest absolute Gasteiger partial charge is 0.220 e. The van der Waals surface area contributed by atoms with E-state index in [-0.39, 0.29) is 43.7 Å². The van der Waals surface area contributed by atoms with Crippen molar-refractivity contribution in [3.8, 4) is 0 Å². The number of unbranched alkanes of at least 4 members (excludes halogenated alkanes) is 1. The molecule has 0 bridgehead atoms. The van der Waals surface area contributed by atoms with E-state index < -0.39 is 24.2 Å². The monoisotopic (exact) mass is 459 g/mol. The number of amides is 1. The molecule has 0 spiro atoms. The van der Waals surface area contributed by atoms with Gasteiger partial charge >= 0.3 is 0 Å². The number of carbonyl (C=O) groups excluding carboxylic acids is 2. The van der Waals surface area contributed by atoms with Crippen molar-refractivity contribution in [1.29, 1.82) is 0 Å². The first-order chi connectivity index (χ1) is 15.9. The molecule has 0 aliphatic heterocycles. The Labute approximate surface area is 195 Å². The second-order valence-electron chi connectivity index (χ2n) is 8.63. The zero-order valence-corrected chi connectivity index (χ0v) is 19.1. The van der Waals surface area contributed by atoms with Crippen molar-refractivity contribution in [2.45, 2.75) is 63.2 Å². The summed E-state index contributed by atoms with van der Waals surface area (Å²) in [6, 6.07) is 9.29. The van der Waals surface area contributed by atoms with Gasteiger partial charge in [-0.2, -0.15) is 0 Å². The molecule has 0 saturated heterocycles. The lowest BCUT2D eigenvalue weighted by molar-refractivity contribution is -0.122. The van der Waals surface area contributed by atoms with E-state index in [0.29, 0.717) is 25.7 Å². The summed E-state index contributed by atoms with van der Waals surface area (Å²) in [4.78, 5) is 24.1. The number of benzene rings is 1. The molecule has 182 valence electrons. The zero-order chi connectivity index (χ0) is 24.1. The minimum absolute atomic E-state index is 0.00796. The Morgan fingerprint density at radius 1 is 1.15 bits per heavy atom. The third kappa shape index (κ3) is 9.60. The SMILES string of the molecule is O=C(CCC/C=C\C[C@H]1[C@@H](O)CC(=O)[C@@H]1/C=C/[C@@H](O)CCc1ccccc1)NC(CO)CO. The van der Waals surface area contributed by atoms with Gasteiger partial charge in [0.25, 0.3) is 0 Å². The van der Waals surface area contributed by atoms with Crippen molar-refractivity contribution in [3.05, 3.63) is 60.2 Å². The maximum atomic E-state index is 12.3. The number of aliphatic hydroxyl groups is 4. The number of hydrogen-bond acceptors (Lipinski definition) is 6. The Balaban J connectivity index is 1.75. The second-order valence-corrected chi connectivity index (χ2v) is 8.63. The topological polar surface area (TPSA) is 127 Å². The summed E-state index contributed by atoms with van der Waals surface area (Å²) in [6.07, 6.45) is 9.52. The second kappa shape index (κ2) is 14.8. The number of aliphatic hydroxyl groups excluding tert-OH is 4. The minimum atomic E-state index is -0.696. The molecular weight excluding hydrogens is 422 g/mol. The molecule has 0 aromatic heterocycles. The van der Waals surface area contributed by atoms with Crippen LogP contribution in [0.2, 0.25) is 0 Å². The molecule has 0 radical (unpaired) electrons. The van der Waals surface area contributed by atoms with E-state index in [4.69, 9.17) is 10.2 Å². The van der Waals surface area contributed by atoms with Crippen LogP contribution in [0, 0.1) is 11.8 Å². The molecule has 1 aromatic carbocycles. The maximum absolute atomic E-state index is 12.3. The average molecular weight is 460 g/mol. The summed E-state index contributed by atoms with van der Waals surface area (Å²) in [5.41, 5.74) is 1.15. The number of nitrogens with one attached hydrogen (secondary N) is 1. The molecule has 33 heavy (non-hydrogen) atoms. The number of allylic oxidation sites excluding steroid dienone is 3. The Morgan fingerprint density at radius 2 is 1.88 bits per heavy atom. The van der Waals surface area contributed by atoms with Crippen molar-refractivity contribution >= 4 is 11.7 Å². The Bertz CT molecular complexity index is 774. The summed E-state index contributed by atoms with van der Waals surface area (Å²) in [5, 5.41) is 41.1. The van der Waals surface area contributed by atoms with Gasteiger partial charge in [0.2, 0.25) is 5.91 Å². The normalized spacial score (nSPS) is 22.0. The molecule has 0 unspecified atom stereocenters. The highest BCUT2D eigenvalue weighted by atomic mass is 16.3. The quantitative estimate of drug-likeness (QED) is 0.213. The van der Waals surface area contributed by atoms with Crippen LogP contribution in [0.4, 0.5) is 0 Å². The number of Topliss-reactive ketones (excluding diaryl/α,β-unsaturated/α-hetero) is 1. The lowest BCUT2D eigenvalue weighted by Gasteiger charge is -2.17. The predicted molar refractivity (Wildman–Crippen MR) is 126 cm³/mol. The third-order valence-electron chi connectivity index (χ3n) is 6.01. The molecule has 4 atom stereocenters. The summed E-state index contributed by atoms with van der Waals surface area (Å²) in [7, 11) is 0. The first-order valence-electron chi connectivity index (χ1n) is 11.7. The summed E-state index contributed by atoms with van der Waals surface area (Å²) in [6.45, 7) is -0.603. The highest BCUT2D eigenvalue weighted by Gasteiger charge is 2.39. The largest absolute Gasteiger partial charge is 0.394 e. The number of aryl methyl sites for hydroxylation is 1. The Hall–Kier alpha value is -2.32. The molecule has 1 aliphatic carbocycles. The van der Waals surface area contributed by atoms with E-state index >= 15 is 0 Å². The van der Waals surface area contributed by atoms with Gasteiger partial charge in [0, 0.05) is 24.7 Å². The predicted octanol–water partition coefficient (Wildman–Crippen LogP) is 1.69. The van der Waals surface area contributed by atoms with Crippen LogP contribution >= 0.6 is 0 Å².